The fraction of sp³-hybridized carbons (Fsp3) is 0.909. The summed E-state index contributed by atoms with van der Waals surface area (Å²) in [6.45, 7) is 6.63. The highest BCUT2D eigenvalue weighted by Crippen LogP contribution is 1.98. The highest BCUT2D eigenvalue weighted by Gasteiger charge is 1.99. The molecule has 0 atom stereocenters. The van der Waals surface area contributed by atoms with Crippen LogP contribution in [0, 0.1) is 5.92 Å². The standard InChI is InChI=1S/C11H22O4/c1-10(2)4-6-14-8-9-15-7-5-11(12)13-3/h10H,4-9H2,1-3H3. The summed E-state index contributed by atoms with van der Waals surface area (Å²) < 4.78 is 15.0. The van der Waals surface area contributed by atoms with Gasteiger partial charge in [0.05, 0.1) is 33.4 Å². The van der Waals surface area contributed by atoms with Crippen molar-refractivity contribution in [1.82, 2.24) is 0 Å². The maximum Gasteiger partial charge on any atom is 0.307 e. The van der Waals surface area contributed by atoms with Gasteiger partial charge in [0, 0.05) is 6.61 Å². The highest BCUT2D eigenvalue weighted by molar-refractivity contribution is 5.69. The first-order valence-corrected chi connectivity index (χ1v) is 5.39. The lowest BCUT2D eigenvalue weighted by Gasteiger charge is -2.06. The van der Waals surface area contributed by atoms with Crippen molar-refractivity contribution in [3.63, 3.8) is 0 Å². The maximum atomic E-state index is 10.7. The smallest absolute Gasteiger partial charge is 0.307 e. The molecule has 0 aliphatic rings. The Morgan fingerprint density at radius 2 is 1.67 bits per heavy atom. The molecular weight excluding hydrogens is 196 g/mol. The number of esters is 1. The van der Waals surface area contributed by atoms with Crippen molar-refractivity contribution < 1.29 is 19.0 Å². The third-order valence-electron chi connectivity index (χ3n) is 1.89. The van der Waals surface area contributed by atoms with Crippen molar-refractivity contribution in [3.05, 3.63) is 0 Å². The summed E-state index contributed by atoms with van der Waals surface area (Å²) in [5, 5.41) is 0. The number of ether oxygens (including phenoxy) is 3. The van der Waals surface area contributed by atoms with E-state index >= 15 is 0 Å². The predicted octanol–water partition coefficient (Wildman–Crippen LogP) is 1.63. The van der Waals surface area contributed by atoms with E-state index in [4.69, 9.17) is 9.47 Å². The van der Waals surface area contributed by atoms with Crippen molar-refractivity contribution in [2.24, 2.45) is 5.92 Å². The van der Waals surface area contributed by atoms with Crippen molar-refractivity contribution in [2.45, 2.75) is 26.7 Å². The lowest BCUT2D eigenvalue weighted by molar-refractivity contribution is -0.141. The second-order valence-corrected chi connectivity index (χ2v) is 3.73. The van der Waals surface area contributed by atoms with Crippen LogP contribution in [0.1, 0.15) is 26.7 Å². The molecule has 0 fully saturated rings. The van der Waals surface area contributed by atoms with Gasteiger partial charge < -0.3 is 14.2 Å². The van der Waals surface area contributed by atoms with Gasteiger partial charge in [0.15, 0.2) is 0 Å². The predicted molar refractivity (Wildman–Crippen MR) is 57.7 cm³/mol. The molecule has 0 spiro atoms. The molecule has 0 heterocycles. The zero-order chi connectivity index (χ0) is 11.5. The Kier molecular flexibility index (Phi) is 9.52. The van der Waals surface area contributed by atoms with Crippen molar-refractivity contribution in [3.8, 4) is 0 Å². The van der Waals surface area contributed by atoms with Crippen molar-refractivity contribution in [2.75, 3.05) is 33.5 Å². The molecule has 0 unspecified atom stereocenters. The van der Waals surface area contributed by atoms with Gasteiger partial charge in [0.1, 0.15) is 0 Å². The third-order valence-corrected chi connectivity index (χ3v) is 1.89. The van der Waals surface area contributed by atoms with Crippen LogP contribution >= 0.6 is 0 Å². The summed E-state index contributed by atoms with van der Waals surface area (Å²) in [7, 11) is 1.37. The van der Waals surface area contributed by atoms with E-state index in [1.54, 1.807) is 0 Å². The number of carbonyl (C=O) groups is 1. The fourth-order valence-electron chi connectivity index (χ4n) is 0.899. The topological polar surface area (TPSA) is 44.8 Å². The molecule has 90 valence electrons. The van der Waals surface area contributed by atoms with Crippen LogP contribution in [0.5, 0.6) is 0 Å². The summed E-state index contributed by atoms with van der Waals surface area (Å²) >= 11 is 0. The van der Waals surface area contributed by atoms with Gasteiger partial charge in [-0.05, 0) is 12.3 Å². The van der Waals surface area contributed by atoms with Crippen LogP contribution in [-0.2, 0) is 19.0 Å². The average molecular weight is 218 g/mol. The number of hydrogen-bond donors (Lipinski definition) is 0. The average Bonchev–Trinajstić information content (AvgIpc) is 2.21. The number of hydrogen-bond acceptors (Lipinski definition) is 4. The second kappa shape index (κ2) is 9.93. The van der Waals surface area contributed by atoms with E-state index in [0.717, 1.165) is 13.0 Å². The van der Waals surface area contributed by atoms with Gasteiger partial charge in [-0.1, -0.05) is 13.8 Å². The molecule has 0 saturated heterocycles. The Balaban J connectivity index is 3.02. The molecule has 15 heavy (non-hydrogen) atoms. The van der Waals surface area contributed by atoms with Crippen molar-refractivity contribution in [1.29, 1.82) is 0 Å². The summed E-state index contributed by atoms with van der Waals surface area (Å²) in [5.41, 5.74) is 0. The first kappa shape index (κ1) is 14.4. The molecule has 0 saturated carbocycles. The molecule has 0 aliphatic carbocycles. The third kappa shape index (κ3) is 11.3. The summed E-state index contributed by atoms with van der Waals surface area (Å²) in [6, 6.07) is 0. The van der Waals surface area contributed by atoms with Crippen LogP contribution in [0.4, 0.5) is 0 Å². The van der Waals surface area contributed by atoms with Crippen LogP contribution in [0.3, 0.4) is 0 Å². The molecule has 0 radical (unpaired) electrons. The van der Waals surface area contributed by atoms with E-state index < -0.39 is 0 Å². The van der Waals surface area contributed by atoms with E-state index in [-0.39, 0.29) is 5.97 Å². The van der Waals surface area contributed by atoms with E-state index in [9.17, 15) is 4.79 Å². The largest absolute Gasteiger partial charge is 0.469 e. The summed E-state index contributed by atoms with van der Waals surface area (Å²) in [4.78, 5) is 10.7. The van der Waals surface area contributed by atoms with E-state index in [0.29, 0.717) is 32.2 Å². The Hall–Kier alpha value is -0.610. The van der Waals surface area contributed by atoms with Gasteiger partial charge in [0.2, 0.25) is 0 Å². The summed E-state index contributed by atoms with van der Waals surface area (Å²) in [5.74, 6) is 0.431. The van der Waals surface area contributed by atoms with Crippen LogP contribution < -0.4 is 0 Å². The van der Waals surface area contributed by atoms with E-state index in [1.165, 1.54) is 7.11 Å². The van der Waals surface area contributed by atoms with Gasteiger partial charge >= 0.3 is 5.97 Å². The van der Waals surface area contributed by atoms with Crippen molar-refractivity contribution >= 4 is 5.97 Å². The molecule has 0 aromatic rings. The van der Waals surface area contributed by atoms with E-state index in [1.807, 2.05) is 0 Å². The fourth-order valence-corrected chi connectivity index (χ4v) is 0.899. The first-order chi connectivity index (χ1) is 7.16. The zero-order valence-electron chi connectivity index (χ0n) is 9.95. The normalized spacial score (nSPS) is 10.7. The minimum atomic E-state index is -0.240. The lowest BCUT2D eigenvalue weighted by Crippen LogP contribution is -2.10. The molecular formula is C11H22O4. The molecule has 0 aromatic heterocycles. The molecule has 4 heteroatoms. The van der Waals surface area contributed by atoms with Crippen LogP contribution in [0.25, 0.3) is 0 Å². The Morgan fingerprint density at radius 3 is 2.20 bits per heavy atom. The monoisotopic (exact) mass is 218 g/mol. The molecule has 0 aliphatic heterocycles. The molecule has 0 N–H and O–H groups in total. The second-order valence-electron chi connectivity index (χ2n) is 3.73. The van der Waals surface area contributed by atoms with Gasteiger partial charge in [-0.3, -0.25) is 4.79 Å². The first-order valence-electron chi connectivity index (χ1n) is 5.39. The van der Waals surface area contributed by atoms with Crippen LogP contribution in [0.15, 0.2) is 0 Å². The van der Waals surface area contributed by atoms with Gasteiger partial charge in [-0.25, -0.2) is 0 Å². The Bertz CT molecular complexity index is 157. The molecule has 0 aromatic carbocycles. The SMILES string of the molecule is COC(=O)CCOCCOCCC(C)C. The van der Waals surface area contributed by atoms with Gasteiger partial charge in [-0.2, -0.15) is 0 Å². The molecule has 4 nitrogen and oxygen atoms in total. The molecule has 0 amide bonds. The Labute approximate surface area is 91.9 Å². The molecule has 0 bridgehead atoms. The quantitative estimate of drug-likeness (QED) is 0.436. The van der Waals surface area contributed by atoms with Gasteiger partial charge in [-0.15, -0.1) is 0 Å². The van der Waals surface area contributed by atoms with E-state index in [2.05, 4.69) is 18.6 Å². The minimum absolute atomic E-state index is 0.240. The van der Waals surface area contributed by atoms with Gasteiger partial charge in [0.25, 0.3) is 0 Å². The number of carbonyl (C=O) groups excluding carboxylic acids is 1. The Morgan fingerprint density at radius 1 is 1.07 bits per heavy atom. The number of methoxy groups -OCH3 is 1. The summed E-state index contributed by atoms with van der Waals surface area (Å²) in [6.07, 6.45) is 1.38. The van der Waals surface area contributed by atoms with Crippen LogP contribution in [0.2, 0.25) is 0 Å². The maximum absolute atomic E-state index is 10.7. The zero-order valence-corrected chi connectivity index (χ0v) is 9.95. The highest BCUT2D eigenvalue weighted by atomic mass is 16.5. The van der Waals surface area contributed by atoms with Crippen LogP contribution in [-0.4, -0.2) is 39.5 Å². The minimum Gasteiger partial charge on any atom is -0.469 e. The number of rotatable bonds is 9. The lowest BCUT2D eigenvalue weighted by atomic mass is 10.1. The molecule has 0 rings (SSSR count).